The minimum atomic E-state index is -0.458. The van der Waals surface area contributed by atoms with Crippen molar-refractivity contribution >= 4 is 29.3 Å². The first-order valence-corrected chi connectivity index (χ1v) is 10.7. The van der Waals surface area contributed by atoms with Crippen LogP contribution in [0.25, 0.3) is 0 Å². The number of carbonyl (C=O) groups is 2. The molecule has 10 nitrogen and oxygen atoms in total. The zero-order chi connectivity index (χ0) is 21.1. The van der Waals surface area contributed by atoms with E-state index in [2.05, 4.69) is 15.5 Å². The van der Waals surface area contributed by atoms with Crippen molar-refractivity contribution in [3.63, 3.8) is 0 Å². The molecule has 2 atom stereocenters. The number of hydrogen-bond acceptors (Lipinski definition) is 7. The third-order valence-electron chi connectivity index (χ3n) is 5.87. The average molecular weight is 440 g/mol. The van der Waals surface area contributed by atoms with Gasteiger partial charge in [0.2, 0.25) is 0 Å². The number of likely N-dealkylation sites (tertiary alicyclic amines) is 1. The molecule has 3 fully saturated rings. The highest BCUT2D eigenvalue weighted by Gasteiger charge is 2.32. The molecule has 1 aromatic rings. The van der Waals surface area contributed by atoms with Crippen molar-refractivity contribution < 1.29 is 19.1 Å². The summed E-state index contributed by atoms with van der Waals surface area (Å²) in [5.41, 5.74) is 0.0933. The Morgan fingerprint density at radius 3 is 2.77 bits per heavy atom. The van der Waals surface area contributed by atoms with E-state index in [1.54, 1.807) is 0 Å². The lowest BCUT2D eigenvalue weighted by molar-refractivity contribution is -0.142. The second-order valence-corrected chi connectivity index (χ2v) is 8.28. The standard InChI is InChI=1S/C19H26ClN5O5/c20-16-14(10-21-23-17(16)26)25-8-5-13(11-25)30-19(28)22-12-3-6-24(7-4-12)18(27)15-2-1-9-29-15/h10,12-13,15H,1-9,11H2,(H,22,28)(H,23,26)/t13-,15?/m1/s1. The summed E-state index contributed by atoms with van der Waals surface area (Å²) < 4.78 is 11.0. The van der Waals surface area contributed by atoms with Crippen LogP contribution in [0.1, 0.15) is 32.1 Å². The second-order valence-electron chi connectivity index (χ2n) is 7.91. The minimum absolute atomic E-state index is 0.0186. The van der Waals surface area contributed by atoms with Gasteiger partial charge in [0.05, 0.1) is 18.4 Å². The molecule has 3 saturated heterocycles. The molecule has 4 rings (SSSR count). The summed E-state index contributed by atoms with van der Waals surface area (Å²) in [5, 5.41) is 9.05. The Kier molecular flexibility index (Phi) is 6.43. The molecule has 1 unspecified atom stereocenters. The molecule has 11 heteroatoms. The lowest BCUT2D eigenvalue weighted by Gasteiger charge is -2.33. The molecule has 3 aliphatic heterocycles. The monoisotopic (exact) mass is 439 g/mol. The van der Waals surface area contributed by atoms with Crippen LogP contribution in [0.2, 0.25) is 5.02 Å². The fraction of sp³-hybridized carbons (Fsp3) is 0.684. The van der Waals surface area contributed by atoms with Gasteiger partial charge in [0.1, 0.15) is 17.2 Å². The SMILES string of the molecule is O=C(NC1CCN(C(=O)C2CCCO2)CC1)O[C@@H]1CCN(c2cn[nH]c(=O)c2Cl)C1. The lowest BCUT2D eigenvalue weighted by atomic mass is 10.0. The predicted molar refractivity (Wildman–Crippen MR) is 109 cm³/mol. The first kappa shape index (κ1) is 20.9. The fourth-order valence-electron chi connectivity index (χ4n) is 4.21. The molecule has 2 N–H and O–H groups in total. The lowest BCUT2D eigenvalue weighted by Crippen LogP contribution is -2.49. The number of aromatic nitrogens is 2. The van der Waals surface area contributed by atoms with Gasteiger partial charge in [-0.1, -0.05) is 11.6 Å². The van der Waals surface area contributed by atoms with Crippen LogP contribution in [-0.2, 0) is 14.3 Å². The maximum atomic E-state index is 12.4. The zero-order valence-corrected chi connectivity index (χ0v) is 17.4. The molecule has 4 heterocycles. The van der Waals surface area contributed by atoms with E-state index in [0.717, 1.165) is 12.8 Å². The molecule has 0 saturated carbocycles. The van der Waals surface area contributed by atoms with Gasteiger partial charge in [-0.05, 0) is 25.7 Å². The molecular formula is C19H26ClN5O5. The largest absolute Gasteiger partial charge is 0.444 e. The Hall–Kier alpha value is -2.33. The fourth-order valence-corrected chi connectivity index (χ4v) is 4.42. The van der Waals surface area contributed by atoms with Gasteiger partial charge < -0.3 is 24.6 Å². The number of halogens is 1. The summed E-state index contributed by atoms with van der Waals surface area (Å²) in [6, 6.07) is -0.0186. The zero-order valence-electron chi connectivity index (χ0n) is 16.6. The molecule has 0 spiro atoms. The normalized spacial score (nSPS) is 24.8. The van der Waals surface area contributed by atoms with E-state index < -0.39 is 11.7 Å². The van der Waals surface area contributed by atoms with Gasteiger partial charge >= 0.3 is 6.09 Å². The Labute approximate surface area is 178 Å². The van der Waals surface area contributed by atoms with E-state index in [9.17, 15) is 14.4 Å². The molecule has 3 aliphatic rings. The third-order valence-corrected chi connectivity index (χ3v) is 6.24. The summed E-state index contributed by atoms with van der Waals surface area (Å²) in [6.45, 7) is 2.94. The highest BCUT2D eigenvalue weighted by Crippen LogP contribution is 2.26. The smallest absolute Gasteiger partial charge is 0.407 e. The van der Waals surface area contributed by atoms with Crippen LogP contribution in [0, 0.1) is 0 Å². The predicted octanol–water partition coefficient (Wildman–Crippen LogP) is 0.898. The number of piperidine rings is 1. The van der Waals surface area contributed by atoms with E-state index in [0.29, 0.717) is 57.7 Å². The van der Waals surface area contributed by atoms with Crippen LogP contribution in [0.3, 0.4) is 0 Å². The van der Waals surface area contributed by atoms with Gasteiger partial charge in [0.25, 0.3) is 11.5 Å². The van der Waals surface area contributed by atoms with Crippen molar-refractivity contribution in [1.29, 1.82) is 0 Å². The molecular weight excluding hydrogens is 414 g/mol. The van der Waals surface area contributed by atoms with E-state index >= 15 is 0 Å². The summed E-state index contributed by atoms with van der Waals surface area (Å²) >= 11 is 6.05. The number of ether oxygens (including phenoxy) is 2. The maximum Gasteiger partial charge on any atom is 0.407 e. The van der Waals surface area contributed by atoms with E-state index in [1.807, 2.05) is 9.80 Å². The summed E-state index contributed by atoms with van der Waals surface area (Å²) in [4.78, 5) is 40.0. The molecule has 0 bridgehead atoms. The van der Waals surface area contributed by atoms with Crippen molar-refractivity contribution in [1.82, 2.24) is 20.4 Å². The average Bonchev–Trinajstić information content (AvgIpc) is 3.42. The Bertz CT molecular complexity index is 835. The van der Waals surface area contributed by atoms with Crippen molar-refractivity contribution in [2.45, 2.75) is 50.4 Å². The Morgan fingerprint density at radius 2 is 2.03 bits per heavy atom. The number of rotatable bonds is 4. The molecule has 0 radical (unpaired) electrons. The first-order valence-electron chi connectivity index (χ1n) is 10.4. The number of amides is 2. The van der Waals surface area contributed by atoms with Crippen LogP contribution in [0.15, 0.2) is 11.0 Å². The van der Waals surface area contributed by atoms with Gasteiger partial charge in [-0.25, -0.2) is 9.89 Å². The third kappa shape index (κ3) is 4.70. The van der Waals surface area contributed by atoms with E-state index in [4.69, 9.17) is 21.1 Å². The number of nitrogens with zero attached hydrogens (tertiary/aromatic N) is 3. The Morgan fingerprint density at radius 1 is 1.23 bits per heavy atom. The van der Waals surface area contributed by atoms with Gasteiger partial charge in [-0.2, -0.15) is 5.10 Å². The molecule has 1 aromatic heterocycles. The van der Waals surface area contributed by atoms with Gasteiger partial charge in [0.15, 0.2) is 0 Å². The number of anilines is 1. The highest BCUT2D eigenvalue weighted by molar-refractivity contribution is 6.33. The molecule has 164 valence electrons. The quantitative estimate of drug-likeness (QED) is 0.715. The van der Waals surface area contributed by atoms with Crippen LogP contribution in [-0.4, -0.2) is 78.1 Å². The highest BCUT2D eigenvalue weighted by atomic mass is 35.5. The van der Waals surface area contributed by atoms with Crippen molar-refractivity contribution in [3.05, 3.63) is 21.6 Å². The van der Waals surface area contributed by atoms with Crippen LogP contribution in [0.5, 0.6) is 0 Å². The summed E-state index contributed by atoms with van der Waals surface area (Å²) in [7, 11) is 0. The number of nitrogens with one attached hydrogen (secondary N) is 2. The summed E-state index contributed by atoms with van der Waals surface area (Å²) in [5.74, 6) is 0.0625. The van der Waals surface area contributed by atoms with Crippen LogP contribution in [0.4, 0.5) is 10.5 Å². The molecule has 0 aromatic carbocycles. The van der Waals surface area contributed by atoms with Crippen molar-refractivity contribution in [2.24, 2.45) is 0 Å². The topological polar surface area (TPSA) is 117 Å². The van der Waals surface area contributed by atoms with Crippen LogP contribution < -0.4 is 15.8 Å². The number of aromatic amines is 1. The molecule has 0 aliphatic carbocycles. The number of alkyl carbamates (subject to hydrolysis) is 1. The number of hydrogen-bond donors (Lipinski definition) is 2. The van der Waals surface area contributed by atoms with E-state index in [-0.39, 0.29) is 29.2 Å². The van der Waals surface area contributed by atoms with Gasteiger partial charge in [-0.15, -0.1) is 0 Å². The van der Waals surface area contributed by atoms with Crippen molar-refractivity contribution in [2.75, 3.05) is 37.7 Å². The second kappa shape index (κ2) is 9.22. The number of H-pyrrole nitrogens is 1. The van der Waals surface area contributed by atoms with Crippen LogP contribution >= 0.6 is 11.6 Å². The minimum Gasteiger partial charge on any atom is -0.444 e. The molecule has 30 heavy (non-hydrogen) atoms. The summed E-state index contributed by atoms with van der Waals surface area (Å²) in [6.07, 6.45) is 4.21. The van der Waals surface area contributed by atoms with Gasteiger partial charge in [-0.3, -0.25) is 9.59 Å². The van der Waals surface area contributed by atoms with E-state index in [1.165, 1.54) is 6.20 Å². The molecule has 2 amide bonds. The number of carbonyl (C=O) groups excluding carboxylic acids is 2. The maximum absolute atomic E-state index is 12.4. The van der Waals surface area contributed by atoms with Gasteiger partial charge in [0, 0.05) is 38.7 Å². The Balaban J connectivity index is 1.21. The first-order chi connectivity index (χ1) is 14.5. The van der Waals surface area contributed by atoms with Crippen molar-refractivity contribution in [3.8, 4) is 0 Å².